The van der Waals surface area contributed by atoms with E-state index >= 15 is 0 Å². The van der Waals surface area contributed by atoms with Gasteiger partial charge in [0.2, 0.25) is 5.91 Å². The normalized spacial score (nSPS) is 12.9. The number of fused-ring (bicyclic) bond motifs is 3. The number of carboxylic acids is 1. The minimum Gasteiger partial charge on any atom is -0.480 e. The summed E-state index contributed by atoms with van der Waals surface area (Å²) in [5.41, 5.74) is 5.50. The molecule has 2 N–H and O–H groups in total. The van der Waals surface area contributed by atoms with Crippen LogP contribution < -0.4 is 5.32 Å². The van der Waals surface area contributed by atoms with Crippen molar-refractivity contribution in [3.8, 4) is 11.1 Å². The lowest BCUT2D eigenvalue weighted by atomic mass is 9.98. The van der Waals surface area contributed by atoms with E-state index in [0.717, 1.165) is 27.8 Å². The van der Waals surface area contributed by atoms with Gasteiger partial charge in [0, 0.05) is 31.3 Å². The number of carbonyl (C=O) groups is 3. The summed E-state index contributed by atoms with van der Waals surface area (Å²) in [7, 11) is 1.86. The van der Waals surface area contributed by atoms with E-state index in [1.165, 1.54) is 16.7 Å². The second-order valence-corrected chi connectivity index (χ2v) is 10.8. The largest absolute Gasteiger partial charge is 0.480 e. The third-order valence-corrected chi connectivity index (χ3v) is 7.52. The average molecular weight is 562 g/mol. The summed E-state index contributed by atoms with van der Waals surface area (Å²) >= 11 is 1.52. The third-order valence-electron chi connectivity index (χ3n) is 6.93. The van der Waals surface area contributed by atoms with Crippen LogP contribution in [0, 0.1) is 0 Å². The number of carboxylic acid groups (broad SMARTS) is 1. The van der Waals surface area contributed by atoms with Crippen molar-refractivity contribution in [2.45, 2.75) is 18.5 Å². The Morgan fingerprint density at radius 3 is 2.15 bits per heavy atom. The highest BCUT2D eigenvalue weighted by Gasteiger charge is 2.31. The number of hydrogen-bond acceptors (Lipinski definition) is 6. The number of likely N-dealkylation sites (N-methyl/N-ethyl adjacent to an activating group) is 1. The number of alkyl carbamates (subject to hydrolysis) is 1. The molecule has 1 aliphatic rings. The van der Waals surface area contributed by atoms with Crippen LogP contribution in [-0.2, 0) is 20.9 Å². The zero-order valence-electron chi connectivity index (χ0n) is 22.8. The first kappa shape index (κ1) is 29.2. The highest BCUT2D eigenvalue weighted by Crippen LogP contribution is 2.44. The molecule has 9 heteroatoms. The summed E-state index contributed by atoms with van der Waals surface area (Å²) in [4.78, 5) is 41.4. The molecule has 2 amide bonds. The first-order valence-electron chi connectivity index (χ1n) is 13.2. The summed E-state index contributed by atoms with van der Waals surface area (Å²) in [5, 5.41) is 12.2. The summed E-state index contributed by atoms with van der Waals surface area (Å²) in [6.45, 7) is 0.683. The second kappa shape index (κ2) is 14.0. The molecule has 0 spiro atoms. The summed E-state index contributed by atoms with van der Waals surface area (Å²) in [5.74, 6) is -1.09. The van der Waals surface area contributed by atoms with Crippen LogP contribution in [0.4, 0.5) is 4.79 Å². The fourth-order valence-electron chi connectivity index (χ4n) is 5.09. The van der Waals surface area contributed by atoms with Crippen molar-refractivity contribution in [2.24, 2.45) is 0 Å². The van der Waals surface area contributed by atoms with E-state index in [1.807, 2.05) is 84.9 Å². The van der Waals surface area contributed by atoms with Crippen molar-refractivity contribution in [3.05, 3.63) is 95.6 Å². The zero-order valence-corrected chi connectivity index (χ0v) is 23.6. The molecule has 4 rings (SSSR count). The van der Waals surface area contributed by atoms with Crippen LogP contribution in [0.2, 0.25) is 0 Å². The molecule has 0 saturated carbocycles. The van der Waals surface area contributed by atoms with Gasteiger partial charge in [0.05, 0.1) is 0 Å². The van der Waals surface area contributed by atoms with Crippen molar-refractivity contribution in [1.82, 2.24) is 15.1 Å². The Hall–Kier alpha value is -3.82. The number of ether oxygens (including phenoxy) is 1. The Kier molecular flexibility index (Phi) is 10.2. The predicted octanol–water partition coefficient (Wildman–Crippen LogP) is 4.30. The number of rotatable bonds is 13. The van der Waals surface area contributed by atoms with Gasteiger partial charge < -0.3 is 20.1 Å². The quantitative estimate of drug-likeness (QED) is 0.321. The molecule has 0 heterocycles. The standard InChI is InChI=1S/C31H35N3O5S/c1-33(18-22-10-4-3-5-11-22)19-28(30(37)34(16-17-40-2)20-29(35)36)32-31(38)39-21-27-25-14-8-6-12-23(25)24-13-7-9-15-26(24)27/h3-15,27-28H,16-21H2,1-2H3,(H,32,38)(H,35,36). The van der Waals surface area contributed by atoms with E-state index in [2.05, 4.69) is 17.4 Å². The van der Waals surface area contributed by atoms with Gasteiger partial charge in [0.25, 0.3) is 0 Å². The van der Waals surface area contributed by atoms with Crippen molar-refractivity contribution in [1.29, 1.82) is 0 Å². The molecule has 1 aliphatic carbocycles. The topological polar surface area (TPSA) is 99.2 Å². The summed E-state index contributed by atoms with van der Waals surface area (Å²) in [6.07, 6.45) is 1.18. The summed E-state index contributed by atoms with van der Waals surface area (Å²) < 4.78 is 5.70. The maximum Gasteiger partial charge on any atom is 0.407 e. The number of nitrogens with zero attached hydrogens (tertiary/aromatic N) is 2. The Balaban J connectivity index is 1.47. The minimum atomic E-state index is -1.10. The smallest absolute Gasteiger partial charge is 0.407 e. The molecule has 210 valence electrons. The highest BCUT2D eigenvalue weighted by molar-refractivity contribution is 7.98. The van der Waals surface area contributed by atoms with E-state index in [9.17, 15) is 19.5 Å². The lowest BCUT2D eigenvalue weighted by Gasteiger charge is -2.29. The lowest BCUT2D eigenvalue weighted by molar-refractivity contribution is -0.145. The maximum absolute atomic E-state index is 13.6. The molecule has 0 bridgehead atoms. The summed E-state index contributed by atoms with van der Waals surface area (Å²) in [6, 6.07) is 25.0. The molecule has 0 radical (unpaired) electrons. The molecule has 0 aliphatic heterocycles. The van der Waals surface area contributed by atoms with Gasteiger partial charge in [-0.2, -0.15) is 11.8 Å². The number of nitrogens with one attached hydrogen (secondary N) is 1. The Morgan fingerprint density at radius 2 is 1.55 bits per heavy atom. The first-order valence-corrected chi connectivity index (χ1v) is 14.6. The predicted molar refractivity (Wildman–Crippen MR) is 157 cm³/mol. The number of carbonyl (C=O) groups excluding carboxylic acids is 2. The highest BCUT2D eigenvalue weighted by atomic mass is 32.2. The monoisotopic (exact) mass is 561 g/mol. The van der Waals surface area contributed by atoms with Gasteiger partial charge in [-0.1, -0.05) is 78.9 Å². The van der Waals surface area contributed by atoms with Crippen LogP contribution in [0.25, 0.3) is 11.1 Å². The van der Waals surface area contributed by atoms with Crippen LogP contribution in [0.5, 0.6) is 0 Å². The molecule has 40 heavy (non-hydrogen) atoms. The molecule has 8 nitrogen and oxygen atoms in total. The number of benzene rings is 3. The molecule has 3 aromatic carbocycles. The zero-order chi connectivity index (χ0) is 28.5. The molecule has 0 aromatic heterocycles. The van der Waals surface area contributed by atoms with Crippen molar-refractivity contribution >= 4 is 29.7 Å². The average Bonchev–Trinajstić information content (AvgIpc) is 3.27. The fourth-order valence-corrected chi connectivity index (χ4v) is 5.49. The van der Waals surface area contributed by atoms with Crippen LogP contribution in [0.15, 0.2) is 78.9 Å². The number of thioether (sulfide) groups is 1. The Labute approximate surface area is 239 Å². The molecule has 0 saturated heterocycles. The molecule has 3 aromatic rings. The van der Waals surface area contributed by atoms with Crippen molar-refractivity contribution < 1.29 is 24.2 Å². The third kappa shape index (κ3) is 7.43. The van der Waals surface area contributed by atoms with Gasteiger partial charge in [-0.15, -0.1) is 0 Å². The first-order chi connectivity index (χ1) is 19.4. The van der Waals surface area contributed by atoms with Crippen LogP contribution >= 0.6 is 11.8 Å². The minimum absolute atomic E-state index is 0.113. The number of aliphatic carboxylic acids is 1. The van der Waals surface area contributed by atoms with E-state index in [1.54, 1.807) is 0 Å². The van der Waals surface area contributed by atoms with E-state index in [0.29, 0.717) is 12.3 Å². The molecule has 0 fully saturated rings. The lowest BCUT2D eigenvalue weighted by Crippen LogP contribution is -2.54. The maximum atomic E-state index is 13.6. The van der Waals surface area contributed by atoms with Crippen LogP contribution in [0.1, 0.15) is 22.6 Å². The van der Waals surface area contributed by atoms with Crippen LogP contribution in [-0.4, -0.2) is 84.2 Å². The van der Waals surface area contributed by atoms with Gasteiger partial charge in [-0.3, -0.25) is 14.5 Å². The van der Waals surface area contributed by atoms with Gasteiger partial charge in [-0.05, 0) is 41.1 Å². The Bertz CT molecular complexity index is 1270. The van der Waals surface area contributed by atoms with E-state index in [4.69, 9.17) is 4.74 Å². The molecule has 1 unspecified atom stereocenters. The molecule has 1 atom stereocenters. The molecular weight excluding hydrogens is 526 g/mol. The fraction of sp³-hybridized carbons (Fsp3) is 0.323. The van der Waals surface area contributed by atoms with Crippen molar-refractivity contribution in [3.63, 3.8) is 0 Å². The van der Waals surface area contributed by atoms with Gasteiger partial charge >= 0.3 is 12.1 Å². The second-order valence-electron chi connectivity index (χ2n) is 9.85. The van der Waals surface area contributed by atoms with E-state index in [-0.39, 0.29) is 25.6 Å². The van der Waals surface area contributed by atoms with Gasteiger partial charge in [0.1, 0.15) is 19.2 Å². The van der Waals surface area contributed by atoms with E-state index < -0.39 is 30.6 Å². The van der Waals surface area contributed by atoms with Gasteiger partial charge in [0.15, 0.2) is 0 Å². The number of hydrogen-bond donors (Lipinski definition) is 2. The SMILES string of the molecule is CSCCN(CC(=O)O)C(=O)C(CN(C)Cc1ccccc1)NC(=O)OCC1c2ccccc2-c2ccccc21. The van der Waals surface area contributed by atoms with Gasteiger partial charge in [-0.25, -0.2) is 4.79 Å². The molecular formula is C31H35N3O5S. The van der Waals surface area contributed by atoms with Crippen LogP contribution in [0.3, 0.4) is 0 Å². The number of amides is 2. The Morgan fingerprint density at radius 1 is 0.950 bits per heavy atom. The van der Waals surface area contributed by atoms with Crippen molar-refractivity contribution in [2.75, 3.05) is 45.3 Å².